The Bertz CT molecular complexity index is 1350. The van der Waals surface area contributed by atoms with Gasteiger partial charge in [0.05, 0.1) is 45.2 Å². The quantitative estimate of drug-likeness (QED) is 0.149. The van der Waals surface area contributed by atoms with E-state index in [-0.39, 0.29) is 47.5 Å². The lowest BCUT2D eigenvalue weighted by Gasteiger charge is -2.16. The largest absolute Gasteiger partial charge is 0.469 e. The van der Waals surface area contributed by atoms with Gasteiger partial charge in [-0.2, -0.15) is 0 Å². The maximum Gasteiger partial charge on any atom is 0.312 e. The first-order valence-corrected chi connectivity index (χ1v) is 17.3. The summed E-state index contributed by atoms with van der Waals surface area (Å²) < 4.78 is 27.8. The van der Waals surface area contributed by atoms with Crippen LogP contribution in [0.2, 0.25) is 0 Å². The van der Waals surface area contributed by atoms with Crippen LogP contribution in [0.15, 0.2) is 72.8 Å². The third-order valence-electron chi connectivity index (χ3n) is 8.54. The van der Waals surface area contributed by atoms with Gasteiger partial charge < -0.3 is 19.3 Å². The highest BCUT2D eigenvalue weighted by molar-refractivity contribution is 5.78. The van der Waals surface area contributed by atoms with Gasteiger partial charge in [0.1, 0.15) is 6.17 Å². The number of carbonyl (C=O) groups is 3. The number of methoxy groups -OCH3 is 3. The SMILES string of the molecule is COC(=O)C(C)c1ccc(C(F)C(C)C)cc1.COC(=O)C(C)c1ccc(C(O)C(C)C)cc1.COC(=O)C(C)c1ccc(CC(C)C)cc1. The van der Waals surface area contributed by atoms with E-state index in [2.05, 4.69) is 30.7 Å². The van der Waals surface area contributed by atoms with E-state index in [1.165, 1.54) is 26.9 Å². The highest BCUT2D eigenvalue weighted by Gasteiger charge is 2.19. The number of halogens is 1. The van der Waals surface area contributed by atoms with Gasteiger partial charge in [-0.25, -0.2) is 4.39 Å². The molecule has 0 heterocycles. The summed E-state index contributed by atoms with van der Waals surface area (Å²) in [6, 6.07) is 22.7. The molecule has 8 heteroatoms. The third-order valence-corrected chi connectivity index (χ3v) is 8.54. The minimum absolute atomic E-state index is 0.0427. The van der Waals surface area contributed by atoms with Crippen molar-refractivity contribution in [3.63, 3.8) is 0 Å². The van der Waals surface area contributed by atoms with E-state index in [0.717, 1.165) is 28.7 Å². The van der Waals surface area contributed by atoms with Crippen molar-refractivity contribution in [1.29, 1.82) is 0 Å². The van der Waals surface area contributed by atoms with E-state index >= 15 is 0 Å². The normalized spacial score (nSPS) is 13.9. The fourth-order valence-corrected chi connectivity index (χ4v) is 5.07. The van der Waals surface area contributed by atoms with E-state index in [1.54, 1.807) is 38.1 Å². The number of aliphatic hydroxyl groups is 1. The molecule has 0 amide bonds. The Labute approximate surface area is 299 Å². The van der Waals surface area contributed by atoms with Crippen LogP contribution in [0, 0.1) is 17.8 Å². The monoisotopic (exact) mass is 694 g/mol. The molecule has 5 unspecified atom stereocenters. The molecule has 3 rings (SSSR count). The van der Waals surface area contributed by atoms with Crippen molar-refractivity contribution in [2.75, 3.05) is 21.3 Å². The average molecular weight is 695 g/mol. The molecule has 0 aliphatic rings. The second-order valence-corrected chi connectivity index (χ2v) is 13.7. The van der Waals surface area contributed by atoms with Crippen LogP contribution in [0.3, 0.4) is 0 Å². The second-order valence-electron chi connectivity index (χ2n) is 13.7. The van der Waals surface area contributed by atoms with Gasteiger partial charge in [-0.3, -0.25) is 14.4 Å². The summed E-state index contributed by atoms with van der Waals surface area (Å²) in [6.45, 7) is 17.5. The fraction of sp³-hybridized carbons (Fsp3) is 0.500. The Kier molecular flexibility index (Phi) is 19.3. The first-order valence-electron chi connectivity index (χ1n) is 17.3. The molecule has 1 N–H and O–H groups in total. The summed E-state index contributed by atoms with van der Waals surface area (Å²) in [4.78, 5) is 34.1. The molecule has 0 aliphatic carbocycles. The number of benzene rings is 3. The van der Waals surface area contributed by atoms with Crippen LogP contribution in [0.1, 0.15) is 126 Å². The van der Waals surface area contributed by atoms with Gasteiger partial charge in [0, 0.05) is 0 Å². The number of alkyl halides is 1. The maximum atomic E-state index is 13.7. The summed E-state index contributed by atoms with van der Waals surface area (Å²) >= 11 is 0. The summed E-state index contributed by atoms with van der Waals surface area (Å²) in [5, 5.41) is 9.89. The molecule has 0 fully saturated rings. The highest BCUT2D eigenvalue weighted by atomic mass is 19.1. The molecule has 0 saturated carbocycles. The van der Waals surface area contributed by atoms with Crippen molar-refractivity contribution in [2.45, 2.75) is 98.8 Å². The molecule has 0 spiro atoms. The first kappa shape index (κ1) is 44.0. The number of aliphatic hydroxyl groups excluding tert-OH is 1. The number of carbonyl (C=O) groups excluding carboxylic acids is 3. The molecular formula is C42H59FO7. The first-order chi connectivity index (χ1) is 23.5. The van der Waals surface area contributed by atoms with Gasteiger partial charge in [0.25, 0.3) is 0 Å². The zero-order valence-electron chi connectivity index (χ0n) is 32.0. The van der Waals surface area contributed by atoms with Crippen LogP contribution in [0.5, 0.6) is 0 Å². The van der Waals surface area contributed by atoms with Gasteiger partial charge in [0.15, 0.2) is 0 Å². The van der Waals surface area contributed by atoms with Crippen LogP contribution < -0.4 is 0 Å². The number of ether oxygens (including phenoxy) is 3. The molecule has 0 bridgehead atoms. The van der Waals surface area contributed by atoms with Crippen molar-refractivity contribution in [2.24, 2.45) is 17.8 Å². The minimum Gasteiger partial charge on any atom is -0.469 e. The van der Waals surface area contributed by atoms with Gasteiger partial charge >= 0.3 is 17.9 Å². The lowest BCUT2D eigenvalue weighted by Crippen LogP contribution is -2.11. The van der Waals surface area contributed by atoms with Gasteiger partial charge in [-0.05, 0) is 78.3 Å². The Morgan fingerprint density at radius 1 is 0.520 bits per heavy atom. The molecule has 0 aliphatic heterocycles. The molecule has 3 aromatic carbocycles. The molecule has 276 valence electrons. The second kappa shape index (κ2) is 21.9. The molecule has 0 aromatic heterocycles. The van der Waals surface area contributed by atoms with E-state index in [4.69, 9.17) is 9.47 Å². The molecule has 50 heavy (non-hydrogen) atoms. The van der Waals surface area contributed by atoms with E-state index in [9.17, 15) is 23.9 Å². The van der Waals surface area contributed by atoms with Crippen LogP contribution in [0.25, 0.3) is 0 Å². The predicted octanol–water partition coefficient (Wildman–Crippen LogP) is 9.44. The third kappa shape index (κ3) is 14.1. The molecule has 3 aromatic rings. The maximum absolute atomic E-state index is 13.7. The Hall–Kier alpha value is -4.04. The van der Waals surface area contributed by atoms with Crippen molar-refractivity contribution >= 4 is 17.9 Å². The van der Waals surface area contributed by atoms with Crippen LogP contribution in [0.4, 0.5) is 4.39 Å². The lowest BCUT2D eigenvalue weighted by molar-refractivity contribution is -0.142. The van der Waals surface area contributed by atoms with Crippen LogP contribution >= 0.6 is 0 Å². The topological polar surface area (TPSA) is 99.1 Å². The summed E-state index contributed by atoms with van der Waals surface area (Å²) in [5.41, 5.74) is 5.60. The van der Waals surface area contributed by atoms with Crippen molar-refractivity contribution in [3.05, 3.63) is 106 Å². The number of esters is 3. The summed E-state index contributed by atoms with van der Waals surface area (Å²) in [6.07, 6.45) is -0.345. The zero-order valence-corrected chi connectivity index (χ0v) is 32.0. The molecular weight excluding hydrogens is 635 g/mol. The highest BCUT2D eigenvalue weighted by Crippen LogP contribution is 2.28. The molecule has 0 saturated heterocycles. The predicted molar refractivity (Wildman–Crippen MR) is 198 cm³/mol. The average Bonchev–Trinajstić information content (AvgIpc) is 3.12. The van der Waals surface area contributed by atoms with Gasteiger partial charge in [0.2, 0.25) is 0 Å². The Morgan fingerprint density at radius 2 is 0.820 bits per heavy atom. The Balaban J connectivity index is 0.000000375. The van der Waals surface area contributed by atoms with Crippen molar-refractivity contribution in [1.82, 2.24) is 0 Å². The van der Waals surface area contributed by atoms with E-state index in [0.29, 0.717) is 11.5 Å². The number of hydrogen-bond acceptors (Lipinski definition) is 7. The molecule has 5 atom stereocenters. The zero-order chi connectivity index (χ0) is 38.1. The van der Waals surface area contributed by atoms with Crippen LogP contribution in [-0.4, -0.2) is 44.3 Å². The number of hydrogen-bond donors (Lipinski definition) is 1. The van der Waals surface area contributed by atoms with Crippen molar-refractivity contribution < 1.29 is 38.1 Å². The van der Waals surface area contributed by atoms with E-state index < -0.39 is 12.3 Å². The molecule has 0 radical (unpaired) electrons. The van der Waals surface area contributed by atoms with E-state index in [1.807, 2.05) is 71.0 Å². The number of rotatable bonds is 12. The smallest absolute Gasteiger partial charge is 0.312 e. The van der Waals surface area contributed by atoms with Crippen LogP contribution in [-0.2, 0) is 35.0 Å². The van der Waals surface area contributed by atoms with Gasteiger partial charge in [-0.1, -0.05) is 114 Å². The lowest BCUT2D eigenvalue weighted by atomic mass is 9.95. The Morgan fingerprint density at radius 3 is 1.10 bits per heavy atom. The fourth-order valence-electron chi connectivity index (χ4n) is 5.07. The minimum atomic E-state index is -0.961. The standard InChI is InChI=1S/C14H19FO2.C14H20O3.C14H20O2/c2*1-9(2)13(15)12-7-5-11(6-8-12)10(3)14(16)17-4;1-10(2)9-12-5-7-13(8-6-12)11(3)14(15)16-4/h5-10,13H,1-4H3;5-10,13,15H,1-4H3;5-8,10-11H,9H2,1-4H3. The summed E-state index contributed by atoms with van der Waals surface area (Å²) in [5.74, 6) is -0.687. The van der Waals surface area contributed by atoms with Crippen molar-refractivity contribution in [3.8, 4) is 0 Å². The summed E-state index contributed by atoms with van der Waals surface area (Å²) in [7, 11) is 4.17. The molecule has 7 nitrogen and oxygen atoms in total. The van der Waals surface area contributed by atoms with Gasteiger partial charge in [-0.15, -0.1) is 0 Å².